The summed E-state index contributed by atoms with van der Waals surface area (Å²) in [6.07, 6.45) is -16.5. The lowest BCUT2D eigenvalue weighted by molar-refractivity contribution is -0.202. The molecule has 0 amide bonds. The molecule has 1 aromatic carbocycles. The summed E-state index contributed by atoms with van der Waals surface area (Å²) >= 11 is 0.619. The number of alkyl halides is 6. The Morgan fingerprint density at radius 2 is 1.55 bits per heavy atom. The molecule has 0 aliphatic rings. The first kappa shape index (κ1) is 18.9. The number of aliphatic hydroxyl groups is 2. The van der Waals surface area contributed by atoms with E-state index >= 15 is 0 Å². The minimum atomic E-state index is -4.99. The monoisotopic (exact) mass is 346 g/mol. The van der Waals surface area contributed by atoms with Gasteiger partial charge in [-0.25, -0.2) is 0 Å². The van der Waals surface area contributed by atoms with E-state index in [9.17, 15) is 26.3 Å². The predicted octanol–water partition coefficient (Wildman–Crippen LogP) is 3.90. The van der Waals surface area contributed by atoms with Crippen molar-refractivity contribution in [3.63, 3.8) is 0 Å². The molecule has 124 valence electrons. The fourth-order valence-electron chi connectivity index (χ4n) is 1.36. The fourth-order valence-corrected chi connectivity index (χ4v) is 2.39. The van der Waals surface area contributed by atoms with Gasteiger partial charge in [0, 0.05) is 11.3 Å². The summed E-state index contributed by atoms with van der Waals surface area (Å²) < 4.78 is 74.0. The zero-order valence-corrected chi connectivity index (χ0v) is 11.7. The maximum Gasteiger partial charge on any atom is 0.418 e. The smallest absolute Gasteiger partial charge is 0.383 e. The molecule has 1 aromatic rings. The van der Waals surface area contributed by atoms with Crippen LogP contribution in [0.1, 0.15) is 6.42 Å². The number of benzene rings is 1. The van der Waals surface area contributed by atoms with Gasteiger partial charge in [-0.1, -0.05) is 30.0 Å². The van der Waals surface area contributed by atoms with E-state index in [1.807, 2.05) is 0 Å². The van der Waals surface area contributed by atoms with E-state index in [0.717, 1.165) is 0 Å². The van der Waals surface area contributed by atoms with Gasteiger partial charge in [0.1, 0.15) is 0 Å². The number of aliphatic hydroxyl groups excluding tert-OH is 2. The van der Waals surface area contributed by atoms with Crippen molar-refractivity contribution in [3.8, 4) is 0 Å². The van der Waals surface area contributed by atoms with Gasteiger partial charge in [0.25, 0.3) is 0 Å². The van der Waals surface area contributed by atoms with Crippen molar-refractivity contribution in [2.24, 2.45) is 0 Å². The van der Waals surface area contributed by atoms with Gasteiger partial charge >= 0.3 is 12.4 Å². The molecule has 0 spiro atoms. The van der Waals surface area contributed by atoms with Crippen LogP contribution in [-0.4, -0.2) is 34.8 Å². The highest BCUT2D eigenvalue weighted by atomic mass is 32.2. The largest absolute Gasteiger partial charge is 0.418 e. The van der Waals surface area contributed by atoms with Gasteiger partial charge in [0.2, 0.25) is 0 Å². The van der Waals surface area contributed by atoms with Gasteiger partial charge < -0.3 is 10.2 Å². The minimum absolute atomic E-state index is 0.270. The van der Waals surface area contributed by atoms with E-state index < -0.39 is 35.9 Å². The van der Waals surface area contributed by atoms with Crippen molar-refractivity contribution in [1.82, 2.24) is 0 Å². The molecule has 1 rings (SSSR count). The first-order chi connectivity index (χ1) is 10.00. The van der Waals surface area contributed by atoms with Crippen LogP contribution >= 0.6 is 11.8 Å². The van der Waals surface area contributed by atoms with Crippen LogP contribution in [0.5, 0.6) is 0 Å². The molecule has 22 heavy (non-hydrogen) atoms. The molecule has 0 aliphatic carbocycles. The SMILES string of the molecule is O[C@H](/C=C(\C[C@@H](O)C(F)(F)F)Sc1ccccc1)C(F)(F)F. The average molecular weight is 346 g/mol. The van der Waals surface area contributed by atoms with Gasteiger partial charge in [0.05, 0.1) is 0 Å². The van der Waals surface area contributed by atoms with Crippen LogP contribution in [-0.2, 0) is 0 Å². The Labute approximate surface area is 126 Å². The highest BCUT2D eigenvalue weighted by Gasteiger charge is 2.40. The van der Waals surface area contributed by atoms with Crippen molar-refractivity contribution in [2.75, 3.05) is 0 Å². The van der Waals surface area contributed by atoms with Crippen LogP contribution in [0.3, 0.4) is 0 Å². The van der Waals surface area contributed by atoms with Crippen molar-refractivity contribution in [1.29, 1.82) is 0 Å². The third kappa shape index (κ3) is 6.29. The maximum atomic E-state index is 12.3. The first-order valence-corrected chi connectivity index (χ1v) is 6.75. The topological polar surface area (TPSA) is 40.5 Å². The molecule has 9 heteroatoms. The van der Waals surface area contributed by atoms with Crippen LogP contribution < -0.4 is 0 Å². The quantitative estimate of drug-likeness (QED) is 0.628. The normalized spacial score (nSPS) is 16.5. The second-order valence-corrected chi connectivity index (χ2v) is 5.50. The molecule has 0 bridgehead atoms. The lowest BCUT2D eigenvalue weighted by Crippen LogP contribution is -2.30. The molecule has 0 saturated carbocycles. The van der Waals surface area contributed by atoms with Gasteiger partial charge in [-0.3, -0.25) is 0 Å². The molecule has 0 fully saturated rings. The number of halogens is 6. The third-order valence-corrected chi connectivity index (χ3v) is 3.52. The summed E-state index contributed by atoms with van der Waals surface area (Å²) in [7, 11) is 0. The van der Waals surface area contributed by atoms with Crippen molar-refractivity contribution in [3.05, 3.63) is 41.3 Å². The van der Waals surface area contributed by atoms with E-state index in [2.05, 4.69) is 0 Å². The minimum Gasteiger partial charge on any atom is -0.383 e. The Hall–Kier alpha value is -1.19. The lowest BCUT2D eigenvalue weighted by atomic mass is 10.2. The van der Waals surface area contributed by atoms with Crippen LogP contribution in [0, 0.1) is 0 Å². The lowest BCUT2D eigenvalue weighted by Gasteiger charge is -2.18. The van der Waals surface area contributed by atoms with E-state index in [0.29, 0.717) is 16.7 Å². The highest BCUT2D eigenvalue weighted by Crippen LogP contribution is 2.35. The zero-order valence-electron chi connectivity index (χ0n) is 10.9. The van der Waals surface area contributed by atoms with Crippen LogP contribution in [0.2, 0.25) is 0 Å². The van der Waals surface area contributed by atoms with Crippen molar-refractivity contribution in [2.45, 2.75) is 35.9 Å². The number of rotatable bonds is 5. The van der Waals surface area contributed by atoms with E-state index in [4.69, 9.17) is 10.2 Å². The second kappa shape index (κ2) is 7.38. The standard InChI is InChI=1S/C13H12F6O2S/c14-12(15,16)10(20)6-9(7-11(21)13(17,18)19)22-8-4-2-1-3-5-8/h1-6,10-11,20-21H,7H2/b9-6+/t10-,11-/m1/s1. The summed E-state index contributed by atoms with van der Waals surface area (Å²) in [4.78, 5) is -0.0432. The molecule has 0 heterocycles. The maximum absolute atomic E-state index is 12.3. The molecule has 0 radical (unpaired) electrons. The van der Waals surface area contributed by atoms with Gasteiger partial charge in [0.15, 0.2) is 12.2 Å². The van der Waals surface area contributed by atoms with E-state index in [1.165, 1.54) is 12.1 Å². The average Bonchev–Trinajstić information content (AvgIpc) is 2.37. The summed E-state index contributed by atoms with van der Waals surface area (Å²) in [5.74, 6) is 0. The van der Waals surface area contributed by atoms with Crippen molar-refractivity contribution < 1.29 is 36.6 Å². The molecule has 0 saturated heterocycles. The molecule has 0 aliphatic heterocycles. The Bertz CT molecular complexity index is 497. The molecule has 2 N–H and O–H groups in total. The van der Waals surface area contributed by atoms with E-state index in [-0.39, 0.29) is 6.08 Å². The van der Waals surface area contributed by atoms with E-state index in [1.54, 1.807) is 18.2 Å². The summed E-state index contributed by atoms with van der Waals surface area (Å²) in [5, 5.41) is 18.0. The third-order valence-electron chi connectivity index (χ3n) is 2.44. The molecule has 2 atom stereocenters. The molecular weight excluding hydrogens is 334 g/mol. The second-order valence-electron chi connectivity index (χ2n) is 4.30. The van der Waals surface area contributed by atoms with Crippen molar-refractivity contribution >= 4 is 11.8 Å². The van der Waals surface area contributed by atoms with Gasteiger partial charge in [-0.2, -0.15) is 26.3 Å². The molecule has 0 aromatic heterocycles. The van der Waals surface area contributed by atoms with Crippen LogP contribution in [0.4, 0.5) is 26.3 Å². The Morgan fingerprint density at radius 3 is 2.00 bits per heavy atom. The zero-order chi connectivity index (χ0) is 17.0. The molecular formula is C13H12F6O2S. The Balaban J connectivity index is 2.97. The first-order valence-electron chi connectivity index (χ1n) is 5.93. The summed E-state index contributed by atoms with van der Waals surface area (Å²) in [6.45, 7) is 0. The number of hydrogen-bond acceptors (Lipinski definition) is 3. The Morgan fingerprint density at radius 1 is 1.00 bits per heavy atom. The van der Waals surface area contributed by atoms with Gasteiger partial charge in [-0.15, -0.1) is 0 Å². The fraction of sp³-hybridized carbons (Fsp3) is 0.385. The predicted molar refractivity (Wildman–Crippen MR) is 69.1 cm³/mol. The Kier molecular flexibility index (Phi) is 6.33. The number of hydrogen-bond donors (Lipinski definition) is 2. The summed E-state index contributed by atoms with van der Waals surface area (Å²) in [6, 6.07) is 7.71. The molecule has 2 nitrogen and oxygen atoms in total. The van der Waals surface area contributed by atoms with Crippen LogP contribution in [0.25, 0.3) is 0 Å². The highest BCUT2D eigenvalue weighted by molar-refractivity contribution is 8.03. The molecule has 0 unspecified atom stereocenters. The van der Waals surface area contributed by atoms with Gasteiger partial charge in [-0.05, 0) is 23.1 Å². The summed E-state index contributed by atoms with van der Waals surface area (Å²) in [5.41, 5.74) is 0. The van der Waals surface area contributed by atoms with Crippen LogP contribution in [0.15, 0.2) is 46.2 Å². The number of thioether (sulfide) groups is 1.